The normalized spacial score (nSPS) is 18.2. The van der Waals surface area contributed by atoms with Crippen LogP contribution in [0.15, 0.2) is 30.5 Å². The number of aliphatic hydroxyl groups excluding tert-OH is 1. The van der Waals surface area contributed by atoms with Crippen molar-refractivity contribution in [2.24, 2.45) is 0 Å². The zero-order valence-electron chi connectivity index (χ0n) is 12.7. The molecule has 0 spiro atoms. The van der Waals surface area contributed by atoms with Gasteiger partial charge in [0.1, 0.15) is 0 Å². The maximum absolute atomic E-state index is 12.6. The van der Waals surface area contributed by atoms with E-state index in [2.05, 4.69) is 10.3 Å². The van der Waals surface area contributed by atoms with E-state index in [-0.39, 0.29) is 18.6 Å². The number of carbonyl (C=O) groups excluding carboxylic acids is 1. The Hall–Kier alpha value is -1.92. The molecule has 7 heteroatoms. The second-order valence-corrected chi connectivity index (χ2v) is 6.13. The molecule has 1 unspecified atom stereocenters. The van der Waals surface area contributed by atoms with E-state index in [1.54, 1.807) is 15.8 Å². The largest absolute Gasteiger partial charge is 0.394 e. The number of benzene rings is 1. The van der Waals surface area contributed by atoms with Gasteiger partial charge in [-0.2, -0.15) is 0 Å². The van der Waals surface area contributed by atoms with Gasteiger partial charge in [-0.25, -0.2) is 4.68 Å². The minimum absolute atomic E-state index is 0.0144. The van der Waals surface area contributed by atoms with Gasteiger partial charge < -0.3 is 10.0 Å². The number of aliphatic hydroxyl groups is 1. The molecule has 1 aliphatic heterocycles. The molecule has 1 aromatic carbocycles. The summed E-state index contributed by atoms with van der Waals surface area (Å²) < 4.78 is 1.60. The summed E-state index contributed by atoms with van der Waals surface area (Å²) in [6, 6.07) is 7.39. The lowest BCUT2D eigenvalue weighted by molar-refractivity contribution is 0.0497. The van der Waals surface area contributed by atoms with Crippen LogP contribution >= 0.6 is 11.6 Å². The predicted octanol–water partition coefficient (Wildman–Crippen LogP) is 1.97. The smallest absolute Gasteiger partial charge is 0.276 e. The number of halogens is 1. The Morgan fingerprint density at radius 1 is 1.35 bits per heavy atom. The number of piperidine rings is 1. The Kier molecular flexibility index (Phi) is 4.93. The van der Waals surface area contributed by atoms with Crippen LogP contribution in [0.25, 0.3) is 0 Å². The van der Waals surface area contributed by atoms with Gasteiger partial charge in [-0.05, 0) is 30.9 Å². The molecule has 2 aromatic rings. The number of amides is 1. The van der Waals surface area contributed by atoms with Gasteiger partial charge in [0, 0.05) is 11.6 Å². The lowest BCUT2D eigenvalue weighted by Crippen LogP contribution is -2.45. The fourth-order valence-electron chi connectivity index (χ4n) is 2.88. The summed E-state index contributed by atoms with van der Waals surface area (Å²) in [5.74, 6) is -0.172. The summed E-state index contributed by atoms with van der Waals surface area (Å²) in [6.45, 7) is 1.10. The Bertz CT molecular complexity index is 688. The Morgan fingerprint density at radius 3 is 2.96 bits per heavy atom. The number of nitrogens with zero attached hydrogens (tertiary/aromatic N) is 4. The molecule has 122 valence electrons. The van der Waals surface area contributed by atoms with Crippen LogP contribution in [0.2, 0.25) is 5.02 Å². The highest BCUT2D eigenvalue weighted by Crippen LogP contribution is 2.19. The van der Waals surface area contributed by atoms with Crippen LogP contribution in [0, 0.1) is 0 Å². The maximum Gasteiger partial charge on any atom is 0.276 e. The first-order valence-electron chi connectivity index (χ1n) is 7.74. The van der Waals surface area contributed by atoms with Crippen LogP contribution in [0.5, 0.6) is 0 Å². The monoisotopic (exact) mass is 334 g/mol. The molecule has 0 bridgehead atoms. The van der Waals surface area contributed by atoms with Gasteiger partial charge >= 0.3 is 0 Å². The summed E-state index contributed by atoms with van der Waals surface area (Å²) in [5.41, 5.74) is 1.22. The molecule has 1 N–H and O–H groups in total. The van der Waals surface area contributed by atoms with E-state index >= 15 is 0 Å². The van der Waals surface area contributed by atoms with Crippen molar-refractivity contribution >= 4 is 17.5 Å². The van der Waals surface area contributed by atoms with Gasteiger partial charge in [0.25, 0.3) is 5.91 Å². The van der Waals surface area contributed by atoms with Crippen molar-refractivity contribution in [1.82, 2.24) is 19.9 Å². The molecule has 1 saturated heterocycles. The summed E-state index contributed by atoms with van der Waals surface area (Å²) in [7, 11) is 0. The summed E-state index contributed by atoms with van der Waals surface area (Å²) in [6.07, 6.45) is 4.45. The van der Waals surface area contributed by atoms with Crippen molar-refractivity contribution in [2.45, 2.75) is 31.8 Å². The number of rotatable bonds is 4. The molecular formula is C16H19ClN4O2. The highest BCUT2D eigenvalue weighted by Gasteiger charge is 2.28. The SMILES string of the molecule is O=C(c1cn(Cc2ccccc2Cl)nn1)N1CCCCC1CO. The predicted molar refractivity (Wildman–Crippen MR) is 86.3 cm³/mol. The van der Waals surface area contributed by atoms with E-state index in [9.17, 15) is 9.90 Å². The molecule has 6 nitrogen and oxygen atoms in total. The number of carbonyl (C=O) groups is 1. The molecule has 23 heavy (non-hydrogen) atoms. The van der Waals surface area contributed by atoms with Gasteiger partial charge in [-0.3, -0.25) is 4.79 Å². The lowest BCUT2D eigenvalue weighted by Gasteiger charge is -2.33. The first-order valence-corrected chi connectivity index (χ1v) is 8.12. The number of likely N-dealkylation sites (tertiary alicyclic amines) is 1. The van der Waals surface area contributed by atoms with E-state index in [1.165, 1.54) is 0 Å². The average molecular weight is 335 g/mol. The van der Waals surface area contributed by atoms with Crippen molar-refractivity contribution in [3.05, 3.63) is 46.7 Å². The summed E-state index contributed by atoms with van der Waals surface area (Å²) in [5, 5.41) is 18.1. The number of hydrogen-bond acceptors (Lipinski definition) is 4. The molecule has 1 aliphatic rings. The van der Waals surface area contributed by atoms with Crippen LogP contribution in [-0.4, -0.2) is 50.1 Å². The van der Waals surface area contributed by atoms with Crippen LogP contribution < -0.4 is 0 Å². The number of hydrogen-bond donors (Lipinski definition) is 1. The maximum atomic E-state index is 12.6. The molecule has 1 atom stereocenters. The minimum Gasteiger partial charge on any atom is -0.394 e. The molecule has 1 fully saturated rings. The third-order valence-electron chi connectivity index (χ3n) is 4.15. The summed E-state index contributed by atoms with van der Waals surface area (Å²) >= 11 is 6.14. The van der Waals surface area contributed by atoms with Crippen molar-refractivity contribution in [3.8, 4) is 0 Å². The quantitative estimate of drug-likeness (QED) is 0.928. The van der Waals surface area contributed by atoms with Gasteiger partial charge in [0.05, 0.1) is 25.4 Å². The van der Waals surface area contributed by atoms with Crippen molar-refractivity contribution in [2.75, 3.05) is 13.2 Å². The highest BCUT2D eigenvalue weighted by atomic mass is 35.5. The van der Waals surface area contributed by atoms with Crippen LogP contribution in [-0.2, 0) is 6.54 Å². The first kappa shape index (κ1) is 16.0. The molecule has 0 radical (unpaired) electrons. The number of aromatic nitrogens is 3. The zero-order chi connectivity index (χ0) is 16.2. The molecule has 1 amide bonds. The van der Waals surface area contributed by atoms with Gasteiger partial charge in [0.2, 0.25) is 0 Å². The Morgan fingerprint density at radius 2 is 2.17 bits per heavy atom. The van der Waals surface area contributed by atoms with Crippen LogP contribution in [0.1, 0.15) is 35.3 Å². The van der Waals surface area contributed by atoms with E-state index in [4.69, 9.17) is 11.6 Å². The van der Waals surface area contributed by atoms with Gasteiger partial charge in [-0.15, -0.1) is 5.10 Å². The Labute approximate surface area is 139 Å². The molecule has 2 heterocycles. The fourth-order valence-corrected chi connectivity index (χ4v) is 3.08. The molecule has 0 aliphatic carbocycles. The molecule has 0 saturated carbocycles. The van der Waals surface area contributed by atoms with Crippen molar-refractivity contribution in [1.29, 1.82) is 0 Å². The van der Waals surface area contributed by atoms with E-state index in [1.807, 2.05) is 24.3 Å². The van der Waals surface area contributed by atoms with Crippen molar-refractivity contribution in [3.63, 3.8) is 0 Å². The second-order valence-electron chi connectivity index (χ2n) is 5.72. The topological polar surface area (TPSA) is 71.2 Å². The molecular weight excluding hydrogens is 316 g/mol. The summed E-state index contributed by atoms with van der Waals surface area (Å²) in [4.78, 5) is 14.3. The third-order valence-corrected chi connectivity index (χ3v) is 4.52. The van der Waals surface area contributed by atoms with Gasteiger partial charge in [-0.1, -0.05) is 35.0 Å². The lowest BCUT2D eigenvalue weighted by atomic mass is 10.0. The minimum atomic E-state index is -0.172. The second kappa shape index (κ2) is 7.10. The highest BCUT2D eigenvalue weighted by molar-refractivity contribution is 6.31. The first-order chi connectivity index (χ1) is 11.2. The Balaban J connectivity index is 1.73. The molecule has 3 rings (SSSR count). The van der Waals surface area contributed by atoms with Gasteiger partial charge in [0.15, 0.2) is 5.69 Å². The van der Waals surface area contributed by atoms with E-state index in [0.29, 0.717) is 23.8 Å². The molecule has 1 aromatic heterocycles. The van der Waals surface area contributed by atoms with E-state index in [0.717, 1.165) is 24.8 Å². The fraction of sp³-hybridized carbons (Fsp3) is 0.438. The van der Waals surface area contributed by atoms with Crippen LogP contribution in [0.3, 0.4) is 0 Å². The van der Waals surface area contributed by atoms with Crippen molar-refractivity contribution < 1.29 is 9.90 Å². The average Bonchev–Trinajstić information content (AvgIpc) is 3.05. The van der Waals surface area contributed by atoms with E-state index < -0.39 is 0 Å². The third kappa shape index (κ3) is 3.54. The zero-order valence-corrected chi connectivity index (χ0v) is 13.5. The van der Waals surface area contributed by atoms with Crippen LogP contribution in [0.4, 0.5) is 0 Å². The standard InChI is InChI=1S/C16H19ClN4O2/c17-14-7-2-1-5-12(14)9-20-10-15(18-19-20)16(23)21-8-4-3-6-13(21)11-22/h1-2,5,7,10,13,22H,3-4,6,8-9,11H2.